The first-order valence-electron chi connectivity index (χ1n) is 6.51. The molecule has 0 saturated heterocycles. The number of nitrogens with one attached hydrogen (secondary N) is 1. The van der Waals surface area contributed by atoms with Crippen LogP contribution in [0, 0.1) is 11.6 Å². The maximum atomic E-state index is 13.1. The number of rotatable bonds is 4. The van der Waals surface area contributed by atoms with E-state index in [1.165, 1.54) is 6.07 Å². The minimum absolute atomic E-state index is 0.435. The molecule has 0 atom stereocenters. The number of hydrogen-bond acceptors (Lipinski definition) is 2. The molecule has 0 saturated carbocycles. The van der Waals surface area contributed by atoms with Crippen LogP contribution in [-0.4, -0.2) is 9.78 Å². The van der Waals surface area contributed by atoms with Crippen LogP contribution in [0.15, 0.2) is 60.8 Å². The van der Waals surface area contributed by atoms with Gasteiger partial charge >= 0.3 is 0 Å². The van der Waals surface area contributed by atoms with Gasteiger partial charge in [-0.1, -0.05) is 18.2 Å². The summed E-state index contributed by atoms with van der Waals surface area (Å²) in [5.41, 5.74) is 2.29. The van der Waals surface area contributed by atoms with E-state index in [1.54, 1.807) is 4.68 Å². The van der Waals surface area contributed by atoms with E-state index >= 15 is 0 Å². The lowest BCUT2D eigenvalue weighted by Crippen LogP contribution is -2.02. The van der Waals surface area contributed by atoms with Crippen LogP contribution in [0.3, 0.4) is 0 Å². The lowest BCUT2D eigenvalue weighted by Gasteiger charge is -2.05. The Hall–Kier alpha value is -2.69. The number of anilines is 1. The van der Waals surface area contributed by atoms with Crippen LogP contribution >= 0.6 is 0 Å². The summed E-state index contributed by atoms with van der Waals surface area (Å²) in [6.07, 6.45) is 1.86. The molecule has 1 N–H and O–H groups in total. The van der Waals surface area contributed by atoms with Crippen molar-refractivity contribution in [2.24, 2.45) is 0 Å². The lowest BCUT2D eigenvalue weighted by molar-refractivity contribution is 0.509. The molecule has 1 heterocycles. The third-order valence-corrected chi connectivity index (χ3v) is 3.06. The first-order valence-corrected chi connectivity index (χ1v) is 6.51. The van der Waals surface area contributed by atoms with E-state index in [9.17, 15) is 8.78 Å². The molecule has 0 radical (unpaired) electrons. The summed E-state index contributed by atoms with van der Waals surface area (Å²) >= 11 is 0. The van der Waals surface area contributed by atoms with Gasteiger partial charge in [-0.3, -0.25) is 0 Å². The molecule has 0 aliphatic carbocycles. The maximum Gasteiger partial charge on any atom is 0.160 e. The minimum Gasteiger partial charge on any atom is -0.379 e. The zero-order chi connectivity index (χ0) is 14.7. The minimum atomic E-state index is -0.866. The van der Waals surface area contributed by atoms with Crippen molar-refractivity contribution >= 4 is 5.69 Å². The Balaban J connectivity index is 1.69. The number of halogens is 2. The summed E-state index contributed by atoms with van der Waals surface area (Å²) in [6.45, 7) is 0.435. The van der Waals surface area contributed by atoms with E-state index in [2.05, 4.69) is 10.4 Å². The quantitative estimate of drug-likeness (QED) is 0.791. The predicted octanol–water partition coefficient (Wildman–Crippen LogP) is 3.76. The summed E-state index contributed by atoms with van der Waals surface area (Å²) in [4.78, 5) is 0. The van der Waals surface area contributed by atoms with Gasteiger partial charge in [-0.05, 0) is 30.3 Å². The van der Waals surface area contributed by atoms with Gasteiger partial charge in [0.2, 0.25) is 0 Å². The highest BCUT2D eigenvalue weighted by molar-refractivity contribution is 5.43. The van der Waals surface area contributed by atoms with Crippen molar-refractivity contribution < 1.29 is 8.78 Å². The fraction of sp³-hybridized carbons (Fsp3) is 0.0625. The van der Waals surface area contributed by atoms with Crippen molar-refractivity contribution in [3.8, 4) is 5.69 Å². The number of aromatic nitrogens is 2. The van der Waals surface area contributed by atoms with Gasteiger partial charge < -0.3 is 5.32 Å². The van der Waals surface area contributed by atoms with E-state index in [0.717, 1.165) is 23.5 Å². The van der Waals surface area contributed by atoms with Gasteiger partial charge in [0.15, 0.2) is 11.6 Å². The summed E-state index contributed by atoms with van der Waals surface area (Å²) in [7, 11) is 0. The smallest absolute Gasteiger partial charge is 0.160 e. The number of para-hydroxylation sites is 1. The van der Waals surface area contributed by atoms with E-state index < -0.39 is 11.6 Å². The zero-order valence-electron chi connectivity index (χ0n) is 11.1. The second kappa shape index (κ2) is 5.75. The van der Waals surface area contributed by atoms with Crippen LogP contribution in [0.4, 0.5) is 14.5 Å². The monoisotopic (exact) mass is 285 g/mol. The molecule has 0 aliphatic rings. The number of hydrogen-bond donors (Lipinski definition) is 1. The Labute approximate surface area is 120 Å². The maximum absolute atomic E-state index is 13.1. The van der Waals surface area contributed by atoms with Gasteiger partial charge in [-0.2, -0.15) is 5.10 Å². The van der Waals surface area contributed by atoms with Gasteiger partial charge in [0.1, 0.15) is 0 Å². The Morgan fingerprint density at radius 1 is 0.952 bits per heavy atom. The molecule has 3 nitrogen and oxygen atoms in total. The molecule has 2 aromatic carbocycles. The van der Waals surface area contributed by atoms with E-state index in [-0.39, 0.29) is 0 Å². The molecular weight excluding hydrogens is 272 g/mol. The molecule has 3 rings (SSSR count). The Morgan fingerprint density at radius 2 is 1.76 bits per heavy atom. The molecule has 0 fully saturated rings. The molecule has 0 spiro atoms. The molecule has 3 aromatic rings. The standard InChI is InChI=1S/C16H13F2N3/c17-15-7-6-12(10-16(15)18)19-11-13-8-9-21(20-13)14-4-2-1-3-5-14/h1-10,19H,11H2. The van der Waals surface area contributed by atoms with Crippen molar-refractivity contribution in [3.05, 3.63) is 78.1 Å². The van der Waals surface area contributed by atoms with E-state index in [4.69, 9.17) is 0 Å². The molecule has 0 amide bonds. The fourth-order valence-electron chi connectivity index (χ4n) is 1.98. The molecule has 0 unspecified atom stereocenters. The molecule has 0 bridgehead atoms. The summed E-state index contributed by atoms with van der Waals surface area (Å²) in [5.74, 6) is -1.72. The Morgan fingerprint density at radius 3 is 2.52 bits per heavy atom. The second-order valence-corrected chi connectivity index (χ2v) is 4.57. The first-order chi connectivity index (χ1) is 10.2. The molecular formula is C16H13F2N3. The molecule has 0 aliphatic heterocycles. The normalized spacial score (nSPS) is 10.6. The van der Waals surface area contributed by atoms with Gasteiger partial charge in [0, 0.05) is 18.0 Å². The summed E-state index contributed by atoms with van der Waals surface area (Å²) < 4.78 is 27.7. The third-order valence-electron chi connectivity index (χ3n) is 3.06. The van der Waals surface area contributed by atoms with Crippen LogP contribution in [0.5, 0.6) is 0 Å². The SMILES string of the molecule is Fc1ccc(NCc2ccn(-c3ccccc3)n2)cc1F. The highest BCUT2D eigenvalue weighted by atomic mass is 19.2. The highest BCUT2D eigenvalue weighted by Crippen LogP contribution is 2.14. The van der Waals surface area contributed by atoms with Crippen molar-refractivity contribution in [2.75, 3.05) is 5.32 Å². The molecule has 106 valence electrons. The van der Waals surface area contributed by atoms with Crippen molar-refractivity contribution in [1.82, 2.24) is 9.78 Å². The van der Waals surface area contributed by atoms with Crippen LogP contribution in [0.25, 0.3) is 5.69 Å². The third kappa shape index (κ3) is 3.08. The Kier molecular flexibility index (Phi) is 3.64. The van der Waals surface area contributed by atoms with Crippen molar-refractivity contribution in [3.63, 3.8) is 0 Å². The average Bonchev–Trinajstić information content (AvgIpc) is 2.98. The van der Waals surface area contributed by atoms with Gasteiger partial charge in [0.05, 0.1) is 17.9 Å². The van der Waals surface area contributed by atoms with Gasteiger partial charge in [-0.15, -0.1) is 0 Å². The van der Waals surface area contributed by atoms with E-state index in [1.807, 2.05) is 42.6 Å². The average molecular weight is 285 g/mol. The van der Waals surface area contributed by atoms with Crippen LogP contribution in [0.2, 0.25) is 0 Å². The van der Waals surface area contributed by atoms with Gasteiger partial charge in [0.25, 0.3) is 0 Å². The molecule has 21 heavy (non-hydrogen) atoms. The number of benzene rings is 2. The number of nitrogens with zero attached hydrogens (tertiary/aromatic N) is 2. The van der Waals surface area contributed by atoms with Crippen molar-refractivity contribution in [2.45, 2.75) is 6.54 Å². The topological polar surface area (TPSA) is 29.9 Å². The first kappa shape index (κ1) is 13.3. The fourth-order valence-corrected chi connectivity index (χ4v) is 1.98. The lowest BCUT2D eigenvalue weighted by atomic mass is 10.3. The van der Waals surface area contributed by atoms with E-state index in [0.29, 0.717) is 12.2 Å². The Bertz CT molecular complexity index is 738. The van der Waals surface area contributed by atoms with Crippen LogP contribution < -0.4 is 5.32 Å². The summed E-state index contributed by atoms with van der Waals surface area (Å²) in [5, 5.41) is 7.43. The van der Waals surface area contributed by atoms with Gasteiger partial charge in [-0.25, -0.2) is 13.5 Å². The van der Waals surface area contributed by atoms with Crippen LogP contribution in [0.1, 0.15) is 5.69 Å². The predicted molar refractivity (Wildman–Crippen MR) is 77.2 cm³/mol. The largest absolute Gasteiger partial charge is 0.379 e. The zero-order valence-corrected chi connectivity index (χ0v) is 11.1. The summed E-state index contributed by atoms with van der Waals surface area (Å²) in [6, 6.07) is 15.3. The van der Waals surface area contributed by atoms with Crippen molar-refractivity contribution in [1.29, 1.82) is 0 Å². The second-order valence-electron chi connectivity index (χ2n) is 4.57. The van der Waals surface area contributed by atoms with Crippen LogP contribution in [-0.2, 0) is 6.54 Å². The molecule has 1 aromatic heterocycles. The molecule has 5 heteroatoms. The highest BCUT2D eigenvalue weighted by Gasteiger charge is 2.04.